The highest BCUT2D eigenvalue weighted by Gasteiger charge is 2.08. The number of aldehydes is 1. The molecule has 0 fully saturated rings. The van der Waals surface area contributed by atoms with Gasteiger partial charge in [-0.25, -0.2) is 0 Å². The molecule has 66 valence electrons. The van der Waals surface area contributed by atoms with Crippen molar-refractivity contribution in [3.63, 3.8) is 0 Å². The number of fused-ring (bicyclic) bond motifs is 1. The van der Waals surface area contributed by atoms with E-state index in [1.807, 2.05) is 11.4 Å². The van der Waals surface area contributed by atoms with Gasteiger partial charge in [-0.3, -0.25) is 4.79 Å². The number of nitrogens with two attached hydrogens (primary N) is 1. The van der Waals surface area contributed by atoms with Gasteiger partial charge in [-0.15, -0.1) is 11.3 Å². The first kappa shape index (κ1) is 8.72. The number of carbonyl (C=O) groups excluding carboxylic acids is 1. The number of rotatable bonds is 1. The number of halogens is 1. The van der Waals surface area contributed by atoms with Gasteiger partial charge >= 0.3 is 0 Å². The molecule has 2 N–H and O–H groups in total. The summed E-state index contributed by atoms with van der Waals surface area (Å²) in [5.74, 6) is 0. The van der Waals surface area contributed by atoms with Crippen molar-refractivity contribution in [3.8, 4) is 0 Å². The first-order chi connectivity index (χ1) is 6.24. The minimum Gasteiger partial charge on any atom is -0.398 e. The van der Waals surface area contributed by atoms with Gasteiger partial charge in [0.05, 0.1) is 10.4 Å². The van der Waals surface area contributed by atoms with Gasteiger partial charge in [-0.1, -0.05) is 0 Å². The Morgan fingerprint density at radius 1 is 1.46 bits per heavy atom. The molecule has 0 radical (unpaired) electrons. The Bertz CT molecular complexity index is 478. The topological polar surface area (TPSA) is 43.1 Å². The molecule has 0 saturated heterocycles. The first-order valence-corrected chi connectivity index (χ1v) is 5.31. The number of hydrogen-bond donors (Lipinski definition) is 1. The predicted molar refractivity (Wildman–Crippen MR) is 59.3 cm³/mol. The molecule has 2 nitrogen and oxygen atoms in total. The van der Waals surface area contributed by atoms with E-state index >= 15 is 0 Å². The molecule has 1 aromatic heterocycles. The van der Waals surface area contributed by atoms with Gasteiger partial charge in [0.25, 0.3) is 0 Å². The first-order valence-electron chi connectivity index (χ1n) is 3.64. The Hall–Kier alpha value is -0.870. The van der Waals surface area contributed by atoms with E-state index in [0.29, 0.717) is 11.3 Å². The number of benzene rings is 1. The largest absolute Gasteiger partial charge is 0.398 e. The van der Waals surface area contributed by atoms with Crippen LogP contribution in [0.5, 0.6) is 0 Å². The van der Waals surface area contributed by atoms with Crippen LogP contribution in [0, 0.1) is 0 Å². The van der Waals surface area contributed by atoms with Crippen LogP contribution in [0.15, 0.2) is 22.0 Å². The monoisotopic (exact) mass is 255 g/mol. The molecule has 0 spiro atoms. The molecule has 4 heteroatoms. The van der Waals surface area contributed by atoms with E-state index in [4.69, 9.17) is 5.73 Å². The third kappa shape index (κ3) is 1.26. The lowest BCUT2D eigenvalue weighted by molar-refractivity contribution is 0.112. The van der Waals surface area contributed by atoms with Crippen LogP contribution in [-0.4, -0.2) is 6.29 Å². The number of nitrogen functional groups attached to an aromatic ring is 1. The highest BCUT2D eigenvalue weighted by atomic mass is 79.9. The Kier molecular flexibility index (Phi) is 2.09. The summed E-state index contributed by atoms with van der Waals surface area (Å²) in [4.78, 5) is 10.7. The summed E-state index contributed by atoms with van der Waals surface area (Å²) < 4.78 is 2.01. The number of carbonyl (C=O) groups is 1. The maximum atomic E-state index is 10.7. The van der Waals surface area contributed by atoms with Crippen molar-refractivity contribution in [2.24, 2.45) is 0 Å². The molecule has 0 atom stereocenters. The van der Waals surface area contributed by atoms with Crippen molar-refractivity contribution in [1.29, 1.82) is 0 Å². The number of anilines is 1. The molecule has 2 rings (SSSR count). The van der Waals surface area contributed by atoms with E-state index in [2.05, 4.69) is 15.9 Å². The van der Waals surface area contributed by atoms with Crippen LogP contribution in [0.2, 0.25) is 0 Å². The molecule has 2 aromatic rings. The second kappa shape index (κ2) is 3.12. The Balaban J connectivity index is 2.96. The van der Waals surface area contributed by atoms with Gasteiger partial charge < -0.3 is 5.73 Å². The summed E-state index contributed by atoms with van der Waals surface area (Å²) in [5.41, 5.74) is 7.07. The molecule has 1 heterocycles. The number of thiophene rings is 1. The second-order valence-corrected chi connectivity index (χ2v) is 4.38. The molecule has 13 heavy (non-hydrogen) atoms. The molecule has 1 aromatic carbocycles. The van der Waals surface area contributed by atoms with Crippen LogP contribution in [0.4, 0.5) is 5.69 Å². The van der Waals surface area contributed by atoms with Crippen molar-refractivity contribution < 1.29 is 4.79 Å². The lowest BCUT2D eigenvalue weighted by Gasteiger charge is -1.98. The molecule has 0 bridgehead atoms. The van der Waals surface area contributed by atoms with Gasteiger partial charge in [-0.2, -0.15) is 0 Å². The van der Waals surface area contributed by atoms with Crippen LogP contribution in [0.25, 0.3) is 10.1 Å². The standard InChI is InChI=1S/C9H6BrNOS/c10-6-2-1-5(3-12)8-7(11)4-13-9(6)8/h1-4H,11H2. The summed E-state index contributed by atoms with van der Waals surface area (Å²) in [6, 6.07) is 3.63. The molecule has 0 aliphatic heterocycles. The van der Waals surface area contributed by atoms with Crippen molar-refractivity contribution in [3.05, 3.63) is 27.5 Å². The second-order valence-electron chi connectivity index (χ2n) is 2.65. The third-order valence-corrected chi connectivity index (χ3v) is 3.82. The molecular weight excluding hydrogens is 250 g/mol. The zero-order valence-corrected chi connectivity index (χ0v) is 8.98. The molecule has 0 aliphatic rings. The normalized spacial score (nSPS) is 10.5. The fourth-order valence-electron chi connectivity index (χ4n) is 1.26. The van der Waals surface area contributed by atoms with Crippen LogP contribution in [0.1, 0.15) is 10.4 Å². The summed E-state index contributed by atoms with van der Waals surface area (Å²) in [6.07, 6.45) is 0.831. The van der Waals surface area contributed by atoms with E-state index in [1.54, 1.807) is 6.07 Å². The zero-order chi connectivity index (χ0) is 9.42. The SMILES string of the molecule is Nc1csc2c(Br)ccc(C=O)c12. The van der Waals surface area contributed by atoms with Crippen LogP contribution >= 0.6 is 27.3 Å². The van der Waals surface area contributed by atoms with E-state index < -0.39 is 0 Å². The Morgan fingerprint density at radius 3 is 2.92 bits per heavy atom. The van der Waals surface area contributed by atoms with Gasteiger partial charge in [0, 0.05) is 20.8 Å². The molecule has 0 amide bonds. The van der Waals surface area contributed by atoms with Crippen molar-refractivity contribution in [1.82, 2.24) is 0 Å². The quantitative estimate of drug-likeness (QED) is 0.797. The highest BCUT2D eigenvalue weighted by Crippen LogP contribution is 2.35. The fourth-order valence-corrected chi connectivity index (χ4v) is 2.77. The van der Waals surface area contributed by atoms with Gasteiger partial charge in [0.15, 0.2) is 6.29 Å². The van der Waals surface area contributed by atoms with E-state index in [9.17, 15) is 4.79 Å². The summed E-state index contributed by atoms with van der Waals surface area (Å²) in [6.45, 7) is 0. The van der Waals surface area contributed by atoms with Gasteiger partial charge in [0.1, 0.15) is 0 Å². The minimum absolute atomic E-state index is 0.650. The maximum Gasteiger partial charge on any atom is 0.150 e. The van der Waals surface area contributed by atoms with Crippen LogP contribution in [-0.2, 0) is 0 Å². The van der Waals surface area contributed by atoms with E-state index in [1.165, 1.54) is 11.3 Å². The van der Waals surface area contributed by atoms with Crippen LogP contribution in [0.3, 0.4) is 0 Å². The van der Waals surface area contributed by atoms with E-state index in [-0.39, 0.29) is 0 Å². The van der Waals surface area contributed by atoms with Gasteiger partial charge in [-0.05, 0) is 28.1 Å². The Labute approximate surface area is 87.5 Å². The molecule has 0 unspecified atom stereocenters. The summed E-state index contributed by atoms with van der Waals surface area (Å²) in [7, 11) is 0. The molecule has 0 aliphatic carbocycles. The smallest absolute Gasteiger partial charge is 0.150 e. The lowest BCUT2D eigenvalue weighted by Crippen LogP contribution is -1.86. The minimum atomic E-state index is 0.650. The molecule has 0 saturated carbocycles. The van der Waals surface area contributed by atoms with Crippen LogP contribution < -0.4 is 5.73 Å². The molecular formula is C9H6BrNOS. The highest BCUT2D eigenvalue weighted by molar-refractivity contribution is 9.10. The average molecular weight is 256 g/mol. The van der Waals surface area contributed by atoms with E-state index in [0.717, 1.165) is 20.8 Å². The van der Waals surface area contributed by atoms with Gasteiger partial charge in [0.2, 0.25) is 0 Å². The third-order valence-electron chi connectivity index (χ3n) is 1.86. The summed E-state index contributed by atoms with van der Waals surface area (Å²) in [5, 5.41) is 2.71. The Morgan fingerprint density at radius 2 is 2.23 bits per heavy atom. The summed E-state index contributed by atoms with van der Waals surface area (Å²) >= 11 is 4.95. The maximum absolute atomic E-state index is 10.7. The van der Waals surface area contributed by atoms with Crippen molar-refractivity contribution in [2.75, 3.05) is 5.73 Å². The predicted octanol–water partition coefficient (Wildman–Crippen LogP) is 3.06. The number of hydrogen-bond acceptors (Lipinski definition) is 3. The fraction of sp³-hybridized carbons (Fsp3) is 0. The average Bonchev–Trinajstić information content (AvgIpc) is 2.51. The zero-order valence-electron chi connectivity index (χ0n) is 6.58. The lowest BCUT2D eigenvalue weighted by atomic mass is 10.1. The van der Waals surface area contributed by atoms with Crippen molar-refractivity contribution in [2.45, 2.75) is 0 Å². The van der Waals surface area contributed by atoms with Crippen molar-refractivity contribution >= 4 is 49.3 Å².